The molecule has 5 nitrogen and oxygen atoms in total. The van der Waals surface area contributed by atoms with Gasteiger partial charge in [-0.2, -0.15) is 5.26 Å². The number of benzene rings is 1. The van der Waals surface area contributed by atoms with Crippen molar-refractivity contribution < 1.29 is 14.3 Å². The summed E-state index contributed by atoms with van der Waals surface area (Å²) >= 11 is 1.27. The van der Waals surface area contributed by atoms with Gasteiger partial charge < -0.3 is 14.8 Å². The highest BCUT2D eigenvalue weighted by Crippen LogP contribution is 2.29. The molecule has 0 aliphatic rings. The van der Waals surface area contributed by atoms with Gasteiger partial charge in [0, 0.05) is 11.4 Å². The number of carbonyl (C=O) groups excluding carboxylic acids is 1. The third kappa shape index (κ3) is 2.73. The predicted molar refractivity (Wildman–Crippen MR) is 76.5 cm³/mol. The summed E-state index contributed by atoms with van der Waals surface area (Å²) in [6.45, 7) is 0. The number of nitrogens with one attached hydrogen (secondary N) is 1. The van der Waals surface area contributed by atoms with E-state index < -0.39 is 0 Å². The maximum Gasteiger partial charge on any atom is 0.266 e. The van der Waals surface area contributed by atoms with E-state index in [-0.39, 0.29) is 5.91 Å². The van der Waals surface area contributed by atoms with Gasteiger partial charge >= 0.3 is 0 Å². The largest absolute Gasteiger partial charge is 0.496 e. The Morgan fingerprint density at radius 3 is 2.75 bits per heavy atom. The monoisotopic (exact) mass is 288 g/mol. The highest BCUT2D eigenvalue weighted by Gasteiger charge is 2.15. The first-order valence-corrected chi connectivity index (χ1v) is 6.58. The van der Waals surface area contributed by atoms with Gasteiger partial charge in [-0.25, -0.2) is 0 Å². The van der Waals surface area contributed by atoms with Crippen molar-refractivity contribution in [3.05, 3.63) is 40.1 Å². The lowest BCUT2D eigenvalue weighted by Gasteiger charge is -2.10. The summed E-state index contributed by atoms with van der Waals surface area (Å²) in [5, 5.41) is 13.5. The fourth-order valence-electron chi connectivity index (χ4n) is 1.64. The highest BCUT2D eigenvalue weighted by atomic mass is 32.1. The van der Waals surface area contributed by atoms with Crippen LogP contribution in [0.25, 0.3) is 0 Å². The zero-order valence-corrected chi connectivity index (χ0v) is 11.8. The Kier molecular flexibility index (Phi) is 4.23. The Labute approximate surface area is 120 Å². The van der Waals surface area contributed by atoms with Crippen LogP contribution in [0.15, 0.2) is 29.6 Å². The summed E-state index contributed by atoms with van der Waals surface area (Å²) in [5.74, 6) is 0.765. The van der Waals surface area contributed by atoms with Crippen LogP contribution in [0.4, 0.5) is 5.69 Å². The molecule has 0 saturated carbocycles. The number of anilines is 1. The molecule has 0 unspecified atom stereocenters. The molecule has 0 saturated heterocycles. The van der Waals surface area contributed by atoms with Crippen LogP contribution in [0, 0.1) is 11.3 Å². The van der Waals surface area contributed by atoms with E-state index in [0.717, 1.165) is 0 Å². The van der Waals surface area contributed by atoms with Gasteiger partial charge in [0.05, 0.1) is 24.7 Å². The minimum absolute atomic E-state index is 0.306. The molecule has 0 radical (unpaired) electrons. The van der Waals surface area contributed by atoms with Crippen LogP contribution in [0.1, 0.15) is 15.2 Å². The standard InChI is InChI=1S/C14H12N2O3S/c1-18-10-6-12(20-8-10)14(17)16-13-9(7-15)4-3-5-11(13)19-2/h3-6,8H,1-2H3,(H,16,17). The van der Waals surface area contributed by atoms with E-state index in [1.54, 1.807) is 29.6 Å². The second-order valence-electron chi connectivity index (χ2n) is 3.80. The lowest BCUT2D eigenvalue weighted by atomic mass is 10.1. The van der Waals surface area contributed by atoms with Crippen LogP contribution >= 0.6 is 11.3 Å². The summed E-state index contributed by atoms with van der Waals surface area (Å²) in [4.78, 5) is 12.7. The SMILES string of the molecule is COc1csc(C(=O)Nc2c(C#N)cccc2OC)c1. The van der Waals surface area contributed by atoms with Crippen molar-refractivity contribution in [2.45, 2.75) is 0 Å². The van der Waals surface area contributed by atoms with Gasteiger partial charge in [-0.3, -0.25) is 4.79 Å². The molecule has 0 fully saturated rings. The van der Waals surface area contributed by atoms with Crippen molar-refractivity contribution in [1.82, 2.24) is 0 Å². The Morgan fingerprint density at radius 1 is 1.35 bits per heavy atom. The highest BCUT2D eigenvalue weighted by molar-refractivity contribution is 7.12. The molecule has 1 aromatic carbocycles. The number of para-hydroxylation sites is 1. The van der Waals surface area contributed by atoms with Crippen molar-refractivity contribution in [3.8, 4) is 17.6 Å². The van der Waals surface area contributed by atoms with Crippen molar-refractivity contribution in [2.24, 2.45) is 0 Å². The van der Waals surface area contributed by atoms with Crippen LogP contribution in [-0.4, -0.2) is 20.1 Å². The van der Waals surface area contributed by atoms with E-state index in [1.807, 2.05) is 6.07 Å². The summed E-state index contributed by atoms with van der Waals surface area (Å²) in [7, 11) is 3.03. The number of amides is 1. The minimum atomic E-state index is -0.306. The lowest BCUT2D eigenvalue weighted by molar-refractivity contribution is 0.103. The van der Waals surface area contributed by atoms with Crippen molar-refractivity contribution in [1.29, 1.82) is 5.26 Å². The maximum absolute atomic E-state index is 12.2. The number of ether oxygens (including phenoxy) is 2. The van der Waals surface area contributed by atoms with Gasteiger partial charge in [0.2, 0.25) is 0 Å². The molecule has 1 aromatic heterocycles. The molecule has 0 aliphatic carbocycles. The third-order valence-electron chi connectivity index (χ3n) is 2.64. The molecule has 1 heterocycles. The van der Waals surface area contributed by atoms with Crippen LogP contribution in [0.5, 0.6) is 11.5 Å². The number of rotatable bonds is 4. The van der Waals surface area contributed by atoms with E-state index in [0.29, 0.717) is 27.6 Å². The number of nitriles is 1. The predicted octanol–water partition coefficient (Wildman–Crippen LogP) is 2.89. The number of methoxy groups -OCH3 is 2. The zero-order chi connectivity index (χ0) is 14.5. The molecule has 20 heavy (non-hydrogen) atoms. The Bertz CT molecular complexity index is 673. The van der Waals surface area contributed by atoms with Crippen LogP contribution in [0.2, 0.25) is 0 Å². The molecule has 0 bridgehead atoms. The van der Waals surface area contributed by atoms with E-state index in [9.17, 15) is 4.79 Å². The molecule has 0 atom stereocenters. The maximum atomic E-state index is 12.2. The first-order valence-electron chi connectivity index (χ1n) is 5.70. The van der Waals surface area contributed by atoms with Gasteiger partial charge in [-0.05, 0) is 12.1 Å². The quantitative estimate of drug-likeness (QED) is 0.939. The van der Waals surface area contributed by atoms with E-state index in [4.69, 9.17) is 14.7 Å². The van der Waals surface area contributed by atoms with Gasteiger partial charge in [0.1, 0.15) is 23.3 Å². The first kappa shape index (κ1) is 13.9. The third-order valence-corrected chi connectivity index (χ3v) is 3.55. The van der Waals surface area contributed by atoms with Gasteiger partial charge in [-0.1, -0.05) is 6.07 Å². The normalized spacial score (nSPS) is 9.65. The summed E-state index contributed by atoms with van der Waals surface area (Å²) in [6, 6.07) is 8.67. The van der Waals surface area contributed by atoms with E-state index >= 15 is 0 Å². The Balaban J connectivity index is 2.30. The Hall–Kier alpha value is -2.52. The summed E-state index contributed by atoms with van der Waals surface area (Å²) < 4.78 is 10.2. The molecule has 2 rings (SSSR count). The van der Waals surface area contributed by atoms with E-state index in [1.165, 1.54) is 25.6 Å². The fraction of sp³-hybridized carbons (Fsp3) is 0.143. The van der Waals surface area contributed by atoms with Crippen molar-refractivity contribution in [2.75, 3.05) is 19.5 Å². The number of hydrogen-bond acceptors (Lipinski definition) is 5. The summed E-state index contributed by atoms with van der Waals surface area (Å²) in [6.07, 6.45) is 0. The molecule has 1 N–H and O–H groups in total. The number of nitrogens with zero attached hydrogens (tertiary/aromatic N) is 1. The molecule has 2 aromatic rings. The van der Waals surface area contributed by atoms with Crippen LogP contribution in [0.3, 0.4) is 0 Å². The number of carbonyl (C=O) groups is 1. The fourth-order valence-corrected chi connectivity index (χ4v) is 2.39. The average molecular weight is 288 g/mol. The van der Waals surface area contributed by atoms with Crippen LogP contribution < -0.4 is 14.8 Å². The zero-order valence-electron chi connectivity index (χ0n) is 11.0. The van der Waals surface area contributed by atoms with Gasteiger partial charge in [0.25, 0.3) is 5.91 Å². The summed E-state index contributed by atoms with van der Waals surface area (Å²) in [5.41, 5.74) is 0.719. The van der Waals surface area contributed by atoms with E-state index in [2.05, 4.69) is 5.32 Å². The van der Waals surface area contributed by atoms with Crippen molar-refractivity contribution in [3.63, 3.8) is 0 Å². The molecule has 0 aliphatic heterocycles. The Morgan fingerprint density at radius 2 is 2.15 bits per heavy atom. The molecular weight excluding hydrogens is 276 g/mol. The number of hydrogen-bond donors (Lipinski definition) is 1. The molecule has 1 amide bonds. The minimum Gasteiger partial charge on any atom is -0.496 e. The second-order valence-corrected chi connectivity index (χ2v) is 4.71. The molecule has 102 valence electrons. The van der Waals surface area contributed by atoms with Crippen LogP contribution in [-0.2, 0) is 0 Å². The van der Waals surface area contributed by atoms with Gasteiger partial charge in [-0.15, -0.1) is 11.3 Å². The second kappa shape index (κ2) is 6.08. The molecule has 6 heteroatoms. The lowest BCUT2D eigenvalue weighted by Crippen LogP contribution is -2.12. The number of thiophene rings is 1. The molecule has 0 spiro atoms. The molecular formula is C14H12N2O3S. The van der Waals surface area contributed by atoms with Gasteiger partial charge in [0.15, 0.2) is 0 Å². The topological polar surface area (TPSA) is 71.3 Å². The first-order chi connectivity index (χ1) is 9.69. The van der Waals surface area contributed by atoms with Crippen molar-refractivity contribution >= 4 is 22.9 Å². The average Bonchev–Trinajstić information content (AvgIpc) is 2.96. The smallest absolute Gasteiger partial charge is 0.266 e.